The Balaban J connectivity index is 2.29. The minimum atomic E-state index is -0.213. The lowest BCUT2D eigenvalue weighted by atomic mass is 10.1. The van der Waals surface area contributed by atoms with Crippen LogP contribution in [0.2, 0.25) is 0 Å². The van der Waals surface area contributed by atoms with Gasteiger partial charge in [-0.3, -0.25) is 0 Å². The normalized spacial score (nSPS) is 10.6. The molecule has 94 valence electrons. The molecule has 0 atom stereocenters. The van der Waals surface area contributed by atoms with Gasteiger partial charge in [-0.25, -0.2) is 4.39 Å². The molecule has 0 saturated carbocycles. The van der Waals surface area contributed by atoms with E-state index in [2.05, 4.69) is 22.0 Å². The van der Waals surface area contributed by atoms with Crippen molar-refractivity contribution in [2.24, 2.45) is 5.73 Å². The lowest BCUT2D eigenvalue weighted by molar-refractivity contribution is 0.624. The molecule has 2 aromatic carbocycles. The van der Waals surface area contributed by atoms with Crippen molar-refractivity contribution in [3.05, 3.63) is 58.3 Å². The summed E-state index contributed by atoms with van der Waals surface area (Å²) in [6.07, 6.45) is 0.824. The van der Waals surface area contributed by atoms with Crippen molar-refractivity contribution in [2.45, 2.75) is 16.2 Å². The first kappa shape index (κ1) is 13.6. The van der Waals surface area contributed by atoms with E-state index < -0.39 is 0 Å². The fourth-order valence-electron chi connectivity index (χ4n) is 1.64. The molecule has 0 spiro atoms. The van der Waals surface area contributed by atoms with Gasteiger partial charge in [0.15, 0.2) is 0 Å². The lowest BCUT2D eigenvalue weighted by Crippen LogP contribution is -2.03. The second-order valence-corrected chi connectivity index (χ2v) is 5.88. The lowest BCUT2D eigenvalue weighted by Gasteiger charge is -2.09. The van der Waals surface area contributed by atoms with Crippen molar-refractivity contribution in [1.82, 2.24) is 0 Å². The zero-order valence-corrected chi connectivity index (χ0v) is 12.1. The molecule has 0 bridgehead atoms. The molecule has 0 heterocycles. The monoisotopic (exact) mass is 325 g/mol. The summed E-state index contributed by atoms with van der Waals surface area (Å²) in [7, 11) is 0. The Kier molecular flexibility index (Phi) is 4.80. The first-order chi connectivity index (χ1) is 8.69. The average molecular weight is 326 g/mol. The van der Waals surface area contributed by atoms with E-state index in [1.54, 1.807) is 17.8 Å². The quantitative estimate of drug-likeness (QED) is 0.909. The summed E-state index contributed by atoms with van der Waals surface area (Å²) in [6, 6.07) is 12.7. The standard InChI is InChI=1S/C14H13BrFNS/c15-11-5-4-10(6-7-17)14(8-11)18-13-3-1-2-12(16)9-13/h1-5,8-9H,6-7,17H2. The van der Waals surface area contributed by atoms with Gasteiger partial charge in [-0.1, -0.05) is 39.8 Å². The maximum Gasteiger partial charge on any atom is 0.124 e. The van der Waals surface area contributed by atoms with Crippen molar-refractivity contribution < 1.29 is 4.39 Å². The van der Waals surface area contributed by atoms with Crippen LogP contribution in [0.15, 0.2) is 56.7 Å². The highest BCUT2D eigenvalue weighted by molar-refractivity contribution is 9.10. The van der Waals surface area contributed by atoms with E-state index in [1.165, 1.54) is 17.7 Å². The molecule has 0 radical (unpaired) electrons. The first-order valence-corrected chi connectivity index (χ1v) is 7.22. The summed E-state index contributed by atoms with van der Waals surface area (Å²) in [5, 5.41) is 0. The van der Waals surface area contributed by atoms with Gasteiger partial charge in [-0.2, -0.15) is 0 Å². The Labute approximate surface area is 119 Å². The van der Waals surface area contributed by atoms with Crippen LogP contribution in [0.5, 0.6) is 0 Å². The molecule has 2 N–H and O–H groups in total. The van der Waals surface area contributed by atoms with Gasteiger partial charge in [-0.15, -0.1) is 0 Å². The highest BCUT2D eigenvalue weighted by Crippen LogP contribution is 2.33. The molecule has 2 aromatic rings. The number of benzene rings is 2. The Morgan fingerprint density at radius 1 is 1.17 bits per heavy atom. The molecule has 0 aromatic heterocycles. The van der Waals surface area contributed by atoms with Crippen LogP contribution >= 0.6 is 27.7 Å². The molecular formula is C14H13BrFNS. The zero-order valence-electron chi connectivity index (χ0n) is 9.70. The molecule has 0 fully saturated rings. The maximum atomic E-state index is 13.2. The predicted octanol–water partition coefficient (Wildman–Crippen LogP) is 4.24. The third kappa shape index (κ3) is 3.57. The van der Waals surface area contributed by atoms with E-state index in [4.69, 9.17) is 5.73 Å². The van der Waals surface area contributed by atoms with Gasteiger partial charge in [0, 0.05) is 14.3 Å². The average Bonchev–Trinajstić information content (AvgIpc) is 2.33. The number of halogens is 2. The summed E-state index contributed by atoms with van der Waals surface area (Å²) in [4.78, 5) is 2.01. The van der Waals surface area contributed by atoms with Crippen LogP contribution in [0.1, 0.15) is 5.56 Å². The third-order valence-electron chi connectivity index (χ3n) is 2.47. The van der Waals surface area contributed by atoms with E-state index in [0.29, 0.717) is 6.54 Å². The molecular weight excluding hydrogens is 313 g/mol. The summed E-state index contributed by atoms with van der Waals surface area (Å²) in [6.45, 7) is 0.609. The Morgan fingerprint density at radius 2 is 2.00 bits per heavy atom. The van der Waals surface area contributed by atoms with E-state index in [9.17, 15) is 4.39 Å². The van der Waals surface area contributed by atoms with Crippen molar-refractivity contribution >= 4 is 27.7 Å². The van der Waals surface area contributed by atoms with Crippen molar-refractivity contribution in [1.29, 1.82) is 0 Å². The topological polar surface area (TPSA) is 26.0 Å². The van der Waals surface area contributed by atoms with Crippen LogP contribution in [-0.2, 0) is 6.42 Å². The summed E-state index contributed by atoms with van der Waals surface area (Å²) < 4.78 is 14.2. The largest absolute Gasteiger partial charge is 0.330 e. The smallest absolute Gasteiger partial charge is 0.124 e. The molecule has 1 nitrogen and oxygen atoms in total. The number of hydrogen-bond donors (Lipinski definition) is 1. The van der Waals surface area contributed by atoms with Crippen molar-refractivity contribution in [3.63, 3.8) is 0 Å². The summed E-state index contributed by atoms with van der Waals surface area (Å²) in [5.74, 6) is -0.213. The SMILES string of the molecule is NCCc1ccc(Br)cc1Sc1cccc(F)c1. The van der Waals surface area contributed by atoms with Gasteiger partial charge in [0.1, 0.15) is 5.82 Å². The Morgan fingerprint density at radius 3 is 2.72 bits per heavy atom. The molecule has 0 aliphatic rings. The second-order valence-electron chi connectivity index (χ2n) is 3.85. The molecule has 0 aliphatic carbocycles. The molecule has 4 heteroatoms. The number of rotatable bonds is 4. The van der Waals surface area contributed by atoms with Gasteiger partial charge < -0.3 is 5.73 Å². The third-order valence-corrected chi connectivity index (χ3v) is 4.05. The Hall–Kier alpha value is -0.840. The minimum Gasteiger partial charge on any atom is -0.330 e. The fraction of sp³-hybridized carbons (Fsp3) is 0.143. The molecule has 0 aliphatic heterocycles. The van der Waals surface area contributed by atoms with E-state index in [1.807, 2.05) is 18.2 Å². The van der Waals surface area contributed by atoms with Crippen LogP contribution in [0.4, 0.5) is 4.39 Å². The minimum absolute atomic E-state index is 0.213. The maximum absolute atomic E-state index is 13.2. The van der Waals surface area contributed by atoms with Crippen LogP contribution in [-0.4, -0.2) is 6.54 Å². The zero-order chi connectivity index (χ0) is 13.0. The van der Waals surface area contributed by atoms with E-state index in [0.717, 1.165) is 20.7 Å². The van der Waals surface area contributed by atoms with Crippen molar-refractivity contribution in [3.8, 4) is 0 Å². The van der Waals surface area contributed by atoms with Gasteiger partial charge in [0.05, 0.1) is 0 Å². The molecule has 0 unspecified atom stereocenters. The predicted molar refractivity (Wildman–Crippen MR) is 77.4 cm³/mol. The van der Waals surface area contributed by atoms with E-state index >= 15 is 0 Å². The fourth-order valence-corrected chi connectivity index (χ4v) is 3.21. The van der Waals surface area contributed by atoms with Crippen LogP contribution in [0.25, 0.3) is 0 Å². The molecule has 18 heavy (non-hydrogen) atoms. The van der Waals surface area contributed by atoms with Crippen molar-refractivity contribution in [2.75, 3.05) is 6.54 Å². The number of nitrogens with two attached hydrogens (primary N) is 1. The molecule has 0 amide bonds. The summed E-state index contributed by atoms with van der Waals surface area (Å²) in [5.41, 5.74) is 6.79. The van der Waals surface area contributed by atoms with Crippen LogP contribution in [0.3, 0.4) is 0 Å². The van der Waals surface area contributed by atoms with Gasteiger partial charge >= 0.3 is 0 Å². The van der Waals surface area contributed by atoms with Gasteiger partial charge in [0.25, 0.3) is 0 Å². The van der Waals surface area contributed by atoms with Crippen LogP contribution < -0.4 is 5.73 Å². The molecule has 0 saturated heterocycles. The van der Waals surface area contributed by atoms with E-state index in [-0.39, 0.29) is 5.82 Å². The highest BCUT2D eigenvalue weighted by Gasteiger charge is 2.05. The van der Waals surface area contributed by atoms with Crippen LogP contribution in [0, 0.1) is 5.82 Å². The van der Waals surface area contributed by atoms with Gasteiger partial charge in [0.2, 0.25) is 0 Å². The highest BCUT2D eigenvalue weighted by atomic mass is 79.9. The molecule has 2 rings (SSSR count). The second kappa shape index (κ2) is 6.36. The number of hydrogen-bond acceptors (Lipinski definition) is 2. The Bertz CT molecular complexity index is 545. The first-order valence-electron chi connectivity index (χ1n) is 5.61. The van der Waals surface area contributed by atoms with Gasteiger partial charge in [-0.05, 0) is 48.9 Å². The summed E-state index contributed by atoms with van der Waals surface area (Å²) >= 11 is 5.01.